The molecule has 0 saturated heterocycles. The van der Waals surface area contributed by atoms with Gasteiger partial charge in [0.2, 0.25) is 5.91 Å². The van der Waals surface area contributed by atoms with Gasteiger partial charge in [0.15, 0.2) is 0 Å². The van der Waals surface area contributed by atoms with E-state index in [9.17, 15) is 4.79 Å². The molecule has 2 N–H and O–H groups in total. The number of hydrogen-bond acceptors (Lipinski definition) is 1. The van der Waals surface area contributed by atoms with Crippen molar-refractivity contribution in [3.05, 3.63) is 47.5 Å². The number of amides is 1. The smallest absolute Gasteiger partial charge is 0.244 e. The lowest BCUT2D eigenvalue weighted by atomic mass is 9.91. The molecule has 2 nitrogen and oxygen atoms in total. The molecule has 0 saturated carbocycles. The first-order valence-corrected chi connectivity index (χ1v) is 8.68. The first kappa shape index (κ1) is 18.5. The Kier molecular flexibility index (Phi) is 9.29. The Labute approximate surface area is 135 Å². The van der Waals surface area contributed by atoms with E-state index in [1.165, 1.54) is 50.5 Å². The van der Waals surface area contributed by atoms with Crippen LogP contribution in [0, 0.1) is 0 Å². The lowest BCUT2D eigenvalue weighted by Crippen LogP contribution is -2.12. The van der Waals surface area contributed by atoms with Gasteiger partial charge in [0.25, 0.3) is 0 Å². The Morgan fingerprint density at radius 2 is 1.64 bits per heavy atom. The molecule has 0 heterocycles. The summed E-state index contributed by atoms with van der Waals surface area (Å²) in [4.78, 5) is 11.3. The second-order valence-corrected chi connectivity index (χ2v) is 6.14. The fourth-order valence-electron chi connectivity index (χ4n) is 2.75. The Morgan fingerprint density at radius 1 is 1.05 bits per heavy atom. The van der Waals surface area contributed by atoms with Crippen molar-refractivity contribution in [2.24, 2.45) is 5.73 Å². The minimum absolute atomic E-state index is 0.296. The lowest BCUT2D eigenvalue weighted by Gasteiger charge is -2.14. The molecule has 1 aromatic carbocycles. The number of nitrogens with two attached hydrogens (primary N) is 1. The highest BCUT2D eigenvalue weighted by Gasteiger charge is 2.10. The second kappa shape index (κ2) is 11.1. The van der Waals surface area contributed by atoms with Crippen molar-refractivity contribution in [3.8, 4) is 0 Å². The number of primary amides is 1. The van der Waals surface area contributed by atoms with E-state index in [0.717, 1.165) is 6.42 Å². The van der Waals surface area contributed by atoms with Gasteiger partial charge < -0.3 is 5.73 Å². The molecule has 1 aromatic rings. The van der Waals surface area contributed by atoms with E-state index in [0.29, 0.717) is 11.5 Å². The largest absolute Gasteiger partial charge is 0.366 e. The van der Waals surface area contributed by atoms with E-state index >= 15 is 0 Å². The zero-order chi connectivity index (χ0) is 16.2. The highest BCUT2D eigenvalue weighted by molar-refractivity contribution is 5.91. The highest BCUT2D eigenvalue weighted by atomic mass is 16.1. The molecule has 0 aliphatic heterocycles. The zero-order valence-corrected chi connectivity index (χ0v) is 14.2. The summed E-state index contributed by atoms with van der Waals surface area (Å²) in [7, 11) is 0. The molecule has 0 fully saturated rings. The molecule has 0 aliphatic rings. The van der Waals surface area contributed by atoms with Gasteiger partial charge in [-0.2, -0.15) is 0 Å². The van der Waals surface area contributed by atoms with Gasteiger partial charge in [-0.3, -0.25) is 4.79 Å². The van der Waals surface area contributed by atoms with Crippen LogP contribution in [0.5, 0.6) is 0 Å². The van der Waals surface area contributed by atoms with E-state index in [4.69, 9.17) is 5.73 Å². The van der Waals surface area contributed by atoms with Gasteiger partial charge in [-0.15, -0.1) is 0 Å². The quantitative estimate of drug-likeness (QED) is 0.435. The second-order valence-electron chi connectivity index (χ2n) is 6.14. The Balaban J connectivity index is 2.50. The van der Waals surface area contributed by atoms with Crippen LogP contribution in [0.2, 0.25) is 0 Å². The maximum absolute atomic E-state index is 11.3. The normalized spacial score (nSPS) is 13.1. The molecular weight excluding hydrogens is 270 g/mol. The Morgan fingerprint density at radius 3 is 2.23 bits per heavy atom. The molecule has 1 atom stereocenters. The summed E-state index contributed by atoms with van der Waals surface area (Å²) < 4.78 is 0. The molecule has 22 heavy (non-hydrogen) atoms. The molecule has 0 aliphatic carbocycles. The van der Waals surface area contributed by atoms with Crippen LogP contribution in [0.1, 0.15) is 76.7 Å². The van der Waals surface area contributed by atoms with Crippen molar-refractivity contribution in [1.29, 1.82) is 0 Å². The fraction of sp³-hybridized carbons (Fsp3) is 0.550. The summed E-state index contributed by atoms with van der Waals surface area (Å²) in [6, 6.07) is 10.4. The van der Waals surface area contributed by atoms with Gasteiger partial charge in [0.05, 0.1) is 0 Å². The molecule has 1 rings (SSSR count). The van der Waals surface area contributed by atoms with Gasteiger partial charge in [0, 0.05) is 11.5 Å². The van der Waals surface area contributed by atoms with Gasteiger partial charge in [-0.05, 0) is 18.9 Å². The molecule has 1 unspecified atom stereocenters. The number of allylic oxidation sites excluding steroid dienone is 1. The molecule has 1 amide bonds. The molecule has 0 bridgehead atoms. The van der Waals surface area contributed by atoms with Crippen molar-refractivity contribution in [2.45, 2.75) is 71.1 Å². The van der Waals surface area contributed by atoms with Crippen LogP contribution in [-0.4, -0.2) is 5.91 Å². The van der Waals surface area contributed by atoms with Gasteiger partial charge >= 0.3 is 0 Å². The van der Waals surface area contributed by atoms with Crippen LogP contribution in [0.15, 0.2) is 42.0 Å². The number of carbonyl (C=O) groups excluding carboxylic acids is 1. The maximum atomic E-state index is 11.3. The Hall–Kier alpha value is -1.57. The van der Waals surface area contributed by atoms with Crippen molar-refractivity contribution >= 4 is 5.91 Å². The average molecular weight is 301 g/mol. The molecule has 122 valence electrons. The SMILES string of the molecule is CCCCCCCCCC(/C=C(\C)C(N)=O)c1ccccc1. The van der Waals surface area contributed by atoms with Crippen LogP contribution in [0.25, 0.3) is 0 Å². The first-order chi connectivity index (χ1) is 10.6. The van der Waals surface area contributed by atoms with Crippen LogP contribution in [0.3, 0.4) is 0 Å². The summed E-state index contributed by atoms with van der Waals surface area (Å²) >= 11 is 0. The number of benzene rings is 1. The summed E-state index contributed by atoms with van der Waals surface area (Å²) in [5.74, 6) is -0.0233. The summed E-state index contributed by atoms with van der Waals surface area (Å²) in [6.45, 7) is 4.06. The van der Waals surface area contributed by atoms with E-state index < -0.39 is 0 Å². The Bertz CT molecular complexity index is 450. The third kappa shape index (κ3) is 7.44. The summed E-state index contributed by atoms with van der Waals surface area (Å²) in [6.07, 6.45) is 12.3. The minimum atomic E-state index is -0.319. The number of carbonyl (C=O) groups is 1. The number of hydrogen-bond donors (Lipinski definition) is 1. The maximum Gasteiger partial charge on any atom is 0.244 e. The van der Waals surface area contributed by atoms with Crippen LogP contribution in [0.4, 0.5) is 0 Å². The highest BCUT2D eigenvalue weighted by Crippen LogP contribution is 2.25. The molecule has 2 heteroatoms. The van der Waals surface area contributed by atoms with E-state index in [1.807, 2.05) is 19.1 Å². The summed E-state index contributed by atoms with van der Waals surface area (Å²) in [5, 5.41) is 0. The standard InChI is InChI=1S/C20H31NO/c1-3-4-5-6-7-8-10-15-19(16-17(2)20(21)22)18-13-11-9-12-14-18/h9,11-14,16,19H,3-8,10,15H2,1-2H3,(H2,21,22)/b17-16+. The molecular formula is C20H31NO. The molecule has 0 spiro atoms. The van der Waals surface area contributed by atoms with Gasteiger partial charge in [0.1, 0.15) is 0 Å². The zero-order valence-electron chi connectivity index (χ0n) is 14.2. The monoisotopic (exact) mass is 301 g/mol. The average Bonchev–Trinajstić information content (AvgIpc) is 2.53. The topological polar surface area (TPSA) is 43.1 Å². The lowest BCUT2D eigenvalue weighted by molar-refractivity contribution is -0.114. The molecule has 0 aromatic heterocycles. The van der Waals surface area contributed by atoms with Crippen LogP contribution in [-0.2, 0) is 4.79 Å². The number of rotatable bonds is 11. The fourth-order valence-corrected chi connectivity index (χ4v) is 2.75. The third-order valence-corrected chi connectivity index (χ3v) is 4.19. The van der Waals surface area contributed by atoms with Crippen LogP contribution < -0.4 is 5.73 Å². The third-order valence-electron chi connectivity index (χ3n) is 4.19. The minimum Gasteiger partial charge on any atom is -0.366 e. The predicted octanol–water partition coefficient (Wildman–Crippen LogP) is 5.34. The van der Waals surface area contributed by atoms with Gasteiger partial charge in [-0.25, -0.2) is 0 Å². The number of unbranched alkanes of at least 4 members (excludes halogenated alkanes) is 6. The predicted molar refractivity (Wildman–Crippen MR) is 94.7 cm³/mol. The molecule has 0 radical (unpaired) electrons. The van der Waals surface area contributed by atoms with E-state index in [-0.39, 0.29) is 5.91 Å². The van der Waals surface area contributed by atoms with Crippen molar-refractivity contribution < 1.29 is 4.79 Å². The van der Waals surface area contributed by atoms with E-state index in [2.05, 4.69) is 31.2 Å². The van der Waals surface area contributed by atoms with Crippen molar-refractivity contribution in [3.63, 3.8) is 0 Å². The van der Waals surface area contributed by atoms with Crippen molar-refractivity contribution in [1.82, 2.24) is 0 Å². The summed E-state index contributed by atoms with van der Waals surface area (Å²) in [5.41, 5.74) is 7.31. The van der Waals surface area contributed by atoms with Crippen molar-refractivity contribution in [2.75, 3.05) is 0 Å². The van der Waals surface area contributed by atoms with Crippen LogP contribution >= 0.6 is 0 Å². The van der Waals surface area contributed by atoms with E-state index in [1.54, 1.807) is 0 Å². The van der Waals surface area contributed by atoms with Gasteiger partial charge in [-0.1, -0.05) is 88.3 Å². The first-order valence-electron chi connectivity index (χ1n) is 8.68.